The van der Waals surface area contributed by atoms with E-state index in [0.717, 1.165) is 59.0 Å². The number of anilines is 2. The van der Waals surface area contributed by atoms with E-state index in [0.29, 0.717) is 5.69 Å². The molecule has 12 heteroatoms. The number of thiazole rings is 1. The molecule has 0 radical (unpaired) electrons. The van der Waals surface area contributed by atoms with E-state index in [1.54, 1.807) is 12.3 Å². The van der Waals surface area contributed by atoms with Gasteiger partial charge in [-0.1, -0.05) is 6.07 Å². The number of benzene rings is 1. The lowest BCUT2D eigenvalue weighted by molar-refractivity contribution is -0.141. The van der Waals surface area contributed by atoms with Gasteiger partial charge in [-0.15, -0.1) is 11.3 Å². The zero-order valence-corrected chi connectivity index (χ0v) is 19.7. The average molecular weight is 510 g/mol. The fourth-order valence-corrected chi connectivity index (χ4v) is 6.41. The molecular weight excluding hydrogens is 487 g/mol. The molecule has 5 rings (SSSR count). The van der Waals surface area contributed by atoms with Gasteiger partial charge in [0.1, 0.15) is 10.7 Å². The standard InChI is InChI=1S/C22H22F3N5O2S2/c1-12-8-13(10-16(9-12)28-20-26-7-6-18(29-20)22(23,24)25)17-11-27-19(33-17)21(14-2-3-14,15-4-5-15)30-34(31)32/h6-11,14-15,30H,2-5H2,1H3,(H,31,32)(H,26,28,29). The number of hydrogen-bond donors (Lipinski definition) is 3. The molecule has 2 aliphatic carbocycles. The van der Waals surface area contributed by atoms with E-state index in [1.165, 1.54) is 11.3 Å². The maximum absolute atomic E-state index is 13.0. The van der Waals surface area contributed by atoms with Crippen LogP contribution in [0.15, 0.2) is 36.7 Å². The lowest BCUT2D eigenvalue weighted by Gasteiger charge is -2.31. The number of alkyl halides is 3. The average Bonchev–Trinajstić information content (AvgIpc) is 3.69. The van der Waals surface area contributed by atoms with E-state index in [1.807, 2.05) is 19.1 Å². The van der Waals surface area contributed by atoms with Crippen LogP contribution in [0.4, 0.5) is 24.8 Å². The summed E-state index contributed by atoms with van der Waals surface area (Å²) in [5.41, 5.74) is 0.667. The highest BCUT2D eigenvalue weighted by molar-refractivity contribution is 7.77. The number of nitrogens with zero attached hydrogens (tertiary/aromatic N) is 3. The lowest BCUT2D eigenvalue weighted by Crippen LogP contribution is -2.47. The summed E-state index contributed by atoms with van der Waals surface area (Å²) in [5.74, 6) is 0.415. The van der Waals surface area contributed by atoms with Crippen LogP contribution in [0.5, 0.6) is 0 Å². The third kappa shape index (κ3) is 4.72. The minimum Gasteiger partial charge on any atom is -0.324 e. The molecule has 2 aliphatic rings. The van der Waals surface area contributed by atoms with Crippen LogP contribution < -0.4 is 10.0 Å². The van der Waals surface area contributed by atoms with Crippen LogP contribution in [0, 0.1) is 18.8 Å². The summed E-state index contributed by atoms with van der Waals surface area (Å²) in [6.45, 7) is 1.89. The van der Waals surface area contributed by atoms with Crippen molar-refractivity contribution in [2.24, 2.45) is 11.8 Å². The molecule has 0 amide bonds. The van der Waals surface area contributed by atoms with Crippen molar-refractivity contribution in [3.63, 3.8) is 0 Å². The summed E-state index contributed by atoms with van der Waals surface area (Å²) in [7, 11) is 0. The van der Waals surface area contributed by atoms with Gasteiger partial charge < -0.3 is 5.32 Å². The summed E-state index contributed by atoms with van der Waals surface area (Å²) < 4.78 is 63.3. The zero-order chi connectivity index (χ0) is 24.1. The fourth-order valence-electron chi connectivity index (χ4n) is 4.42. The van der Waals surface area contributed by atoms with Crippen LogP contribution >= 0.6 is 11.3 Å². The summed E-state index contributed by atoms with van der Waals surface area (Å²) in [4.78, 5) is 13.0. The first-order valence-corrected chi connectivity index (χ1v) is 12.7. The molecule has 1 atom stereocenters. The highest BCUT2D eigenvalue weighted by Crippen LogP contribution is 2.58. The highest BCUT2D eigenvalue weighted by Gasteiger charge is 2.58. The Labute approximate surface area is 200 Å². The molecular formula is C22H22F3N5O2S2. The highest BCUT2D eigenvalue weighted by atomic mass is 32.2. The Balaban J connectivity index is 1.45. The maximum Gasteiger partial charge on any atom is 0.433 e. The molecule has 180 valence electrons. The first kappa shape index (κ1) is 23.3. The van der Waals surface area contributed by atoms with Crippen molar-refractivity contribution in [3.05, 3.63) is 52.9 Å². The minimum absolute atomic E-state index is 0.146. The van der Waals surface area contributed by atoms with Crippen molar-refractivity contribution >= 4 is 34.2 Å². The van der Waals surface area contributed by atoms with Crippen LogP contribution in [-0.2, 0) is 23.0 Å². The predicted octanol–water partition coefficient (Wildman–Crippen LogP) is 5.41. The maximum atomic E-state index is 13.0. The smallest absolute Gasteiger partial charge is 0.324 e. The molecule has 0 spiro atoms. The lowest BCUT2D eigenvalue weighted by atomic mass is 9.89. The Morgan fingerprint density at radius 3 is 2.44 bits per heavy atom. The Morgan fingerprint density at radius 1 is 1.12 bits per heavy atom. The van der Waals surface area contributed by atoms with E-state index < -0.39 is 28.7 Å². The summed E-state index contributed by atoms with van der Waals surface area (Å²) in [6, 6.07) is 6.39. The van der Waals surface area contributed by atoms with Crippen LogP contribution in [0.25, 0.3) is 10.4 Å². The number of aryl methyl sites for hydroxylation is 1. The normalized spacial score (nSPS) is 17.6. The summed E-state index contributed by atoms with van der Waals surface area (Å²) in [5, 5.41) is 3.66. The van der Waals surface area contributed by atoms with Crippen molar-refractivity contribution in [3.8, 4) is 10.4 Å². The van der Waals surface area contributed by atoms with Crippen LogP contribution in [-0.4, -0.2) is 23.7 Å². The van der Waals surface area contributed by atoms with Crippen molar-refractivity contribution < 1.29 is 21.9 Å². The summed E-state index contributed by atoms with van der Waals surface area (Å²) >= 11 is -0.683. The molecule has 1 unspecified atom stereocenters. The molecule has 0 bridgehead atoms. The number of nitrogens with one attached hydrogen (secondary N) is 2. The summed E-state index contributed by atoms with van der Waals surface area (Å²) in [6.07, 6.45) is 2.23. The monoisotopic (exact) mass is 509 g/mol. The van der Waals surface area contributed by atoms with Crippen molar-refractivity contribution in [1.29, 1.82) is 0 Å². The molecule has 0 saturated heterocycles. The molecule has 2 fully saturated rings. The SMILES string of the molecule is Cc1cc(Nc2nccc(C(F)(F)F)n2)cc(-c2cnc(C(NS(=O)O)(C3CC3)C3CC3)s2)c1. The first-order valence-electron chi connectivity index (χ1n) is 10.8. The Hall–Kier alpha value is -2.41. The van der Waals surface area contributed by atoms with Crippen LogP contribution in [0.3, 0.4) is 0 Å². The van der Waals surface area contributed by atoms with Crippen molar-refractivity contribution in [2.75, 3.05) is 5.32 Å². The molecule has 34 heavy (non-hydrogen) atoms. The van der Waals surface area contributed by atoms with Gasteiger partial charge in [-0.25, -0.2) is 23.9 Å². The Morgan fingerprint density at radius 2 is 1.82 bits per heavy atom. The van der Waals surface area contributed by atoms with Gasteiger partial charge in [0.25, 0.3) is 0 Å². The van der Waals surface area contributed by atoms with Crippen LogP contribution in [0.2, 0.25) is 0 Å². The fraction of sp³-hybridized carbons (Fsp3) is 0.409. The van der Waals surface area contributed by atoms with E-state index in [-0.39, 0.29) is 17.8 Å². The number of rotatable bonds is 8. The number of aromatic nitrogens is 3. The molecule has 1 aromatic carbocycles. The molecule has 2 aromatic heterocycles. The quantitative estimate of drug-likeness (QED) is 0.351. The molecule has 7 nitrogen and oxygen atoms in total. The van der Waals surface area contributed by atoms with Gasteiger partial charge in [0.2, 0.25) is 17.2 Å². The van der Waals surface area contributed by atoms with Crippen molar-refractivity contribution in [1.82, 2.24) is 19.7 Å². The van der Waals surface area contributed by atoms with E-state index >= 15 is 0 Å². The van der Waals surface area contributed by atoms with Gasteiger partial charge >= 0.3 is 6.18 Å². The molecule has 3 aromatic rings. The molecule has 3 N–H and O–H groups in total. The van der Waals surface area contributed by atoms with Crippen molar-refractivity contribution in [2.45, 2.75) is 44.3 Å². The predicted molar refractivity (Wildman–Crippen MR) is 124 cm³/mol. The third-order valence-electron chi connectivity index (χ3n) is 6.12. The van der Waals surface area contributed by atoms with Gasteiger partial charge in [-0.05, 0) is 73.8 Å². The zero-order valence-electron chi connectivity index (χ0n) is 18.1. The second-order valence-corrected chi connectivity index (χ2v) is 10.5. The van der Waals surface area contributed by atoms with Gasteiger partial charge in [0.15, 0.2) is 0 Å². The molecule has 2 heterocycles. The minimum atomic E-state index is -4.56. The second-order valence-electron chi connectivity index (χ2n) is 8.77. The topological polar surface area (TPSA) is 100 Å². The first-order chi connectivity index (χ1) is 16.1. The van der Waals surface area contributed by atoms with Crippen LogP contribution in [0.1, 0.15) is 41.9 Å². The van der Waals surface area contributed by atoms with Gasteiger partial charge in [-0.3, -0.25) is 4.55 Å². The largest absolute Gasteiger partial charge is 0.433 e. The van der Waals surface area contributed by atoms with Gasteiger partial charge in [-0.2, -0.15) is 13.2 Å². The molecule has 2 saturated carbocycles. The Bertz CT molecular complexity index is 1230. The van der Waals surface area contributed by atoms with E-state index in [9.17, 15) is 21.9 Å². The van der Waals surface area contributed by atoms with Gasteiger partial charge in [0.05, 0.1) is 10.4 Å². The van der Waals surface area contributed by atoms with Gasteiger partial charge in [0, 0.05) is 18.1 Å². The molecule has 0 aliphatic heterocycles. The third-order valence-corrected chi connectivity index (χ3v) is 7.83. The van der Waals surface area contributed by atoms with E-state index in [2.05, 4.69) is 25.0 Å². The van der Waals surface area contributed by atoms with E-state index in [4.69, 9.17) is 0 Å². The number of hydrogen-bond acceptors (Lipinski definition) is 6. The second kappa shape index (κ2) is 8.67. The number of halogens is 3. The Kier molecular flexibility index (Phi) is 5.95.